The summed E-state index contributed by atoms with van der Waals surface area (Å²) in [5, 5.41) is 23.4. The number of amides is 1. The Morgan fingerprint density at radius 1 is 0.353 bits per heavy atom. The van der Waals surface area contributed by atoms with Crippen molar-refractivity contribution in [2.24, 2.45) is 0 Å². The predicted molar refractivity (Wildman–Crippen MR) is 297 cm³/mol. The molecular formula is C62H123NO5. The highest BCUT2D eigenvalue weighted by atomic mass is 16.5. The van der Waals surface area contributed by atoms with E-state index in [-0.39, 0.29) is 18.5 Å². The van der Waals surface area contributed by atoms with Crippen molar-refractivity contribution in [3.05, 3.63) is 0 Å². The van der Waals surface area contributed by atoms with Gasteiger partial charge in [0.05, 0.1) is 25.4 Å². The van der Waals surface area contributed by atoms with Gasteiger partial charge in [0.15, 0.2) is 0 Å². The number of carbonyl (C=O) groups excluding carboxylic acids is 2. The lowest BCUT2D eigenvalue weighted by molar-refractivity contribution is -0.143. The molecule has 0 aromatic carbocycles. The molecule has 0 heterocycles. The average molecular weight is 963 g/mol. The van der Waals surface area contributed by atoms with Crippen molar-refractivity contribution < 1.29 is 24.5 Å². The van der Waals surface area contributed by atoms with E-state index in [2.05, 4.69) is 19.2 Å². The minimum Gasteiger partial charge on any atom is -0.466 e. The summed E-state index contributed by atoms with van der Waals surface area (Å²) in [7, 11) is 0. The van der Waals surface area contributed by atoms with E-state index in [9.17, 15) is 19.8 Å². The van der Waals surface area contributed by atoms with Crippen LogP contribution in [-0.4, -0.2) is 47.4 Å². The third kappa shape index (κ3) is 54.2. The van der Waals surface area contributed by atoms with Crippen LogP contribution in [0.3, 0.4) is 0 Å². The molecule has 0 aliphatic heterocycles. The fourth-order valence-corrected chi connectivity index (χ4v) is 10.1. The highest BCUT2D eigenvalue weighted by molar-refractivity contribution is 5.76. The van der Waals surface area contributed by atoms with Crippen LogP contribution in [0.4, 0.5) is 0 Å². The van der Waals surface area contributed by atoms with Gasteiger partial charge in [0.1, 0.15) is 0 Å². The lowest BCUT2D eigenvalue weighted by Crippen LogP contribution is -2.45. The maximum absolute atomic E-state index is 12.5. The van der Waals surface area contributed by atoms with E-state index in [1.807, 2.05) is 0 Å². The van der Waals surface area contributed by atoms with Crippen LogP contribution < -0.4 is 5.32 Å². The quantitative estimate of drug-likeness (QED) is 0.0417. The molecule has 3 N–H and O–H groups in total. The van der Waals surface area contributed by atoms with Crippen LogP contribution in [0.15, 0.2) is 0 Å². The topological polar surface area (TPSA) is 95.9 Å². The van der Waals surface area contributed by atoms with Crippen LogP contribution in [0.1, 0.15) is 361 Å². The number of carbonyl (C=O) groups is 2. The molecule has 0 fully saturated rings. The third-order valence-electron chi connectivity index (χ3n) is 14.9. The molecule has 2 unspecified atom stereocenters. The van der Waals surface area contributed by atoms with Gasteiger partial charge in [0.2, 0.25) is 5.91 Å². The number of unbranched alkanes of at least 4 members (excludes halogenated alkanes) is 48. The Bertz CT molecular complexity index is 975. The van der Waals surface area contributed by atoms with Crippen LogP contribution in [0.5, 0.6) is 0 Å². The summed E-state index contributed by atoms with van der Waals surface area (Å²) in [6.07, 6.45) is 68.2. The number of esters is 1. The number of nitrogens with one attached hydrogen (secondary N) is 1. The Balaban J connectivity index is 3.40. The molecule has 0 bridgehead atoms. The number of aliphatic hydroxyl groups is 2. The van der Waals surface area contributed by atoms with Gasteiger partial charge in [-0.05, 0) is 25.7 Å². The molecule has 0 spiro atoms. The number of aliphatic hydroxyl groups excluding tert-OH is 2. The summed E-state index contributed by atoms with van der Waals surface area (Å²) in [6, 6.07) is -0.543. The van der Waals surface area contributed by atoms with Crippen LogP contribution in [0, 0.1) is 0 Å². The fraction of sp³-hybridized carbons (Fsp3) is 0.968. The van der Waals surface area contributed by atoms with Gasteiger partial charge >= 0.3 is 5.97 Å². The summed E-state index contributed by atoms with van der Waals surface area (Å²) >= 11 is 0. The van der Waals surface area contributed by atoms with E-state index in [1.165, 1.54) is 289 Å². The standard InChI is InChI=1S/C62H123NO5/c1-3-5-7-9-11-13-15-16-17-18-19-20-22-25-28-31-35-38-42-46-50-54-60(65)59(58-64)63-61(66)55-51-47-43-39-36-32-29-26-23-21-24-27-30-33-37-41-45-49-53-57-68-62(67)56-52-48-44-40-34-14-12-10-8-6-4-2/h59-60,64-65H,3-58H2,1-2H3,(H,63,66). The van der Waals surface area contributed by atoms with Gasteiger partial charge in [-0.25, -0.2) is 0 Å². The average Bonchev–Trinajstić information content (AvgIpc) is 3.34. The zero-order valence-electron chi connectivity index (χ0n) is 46.4. The number of ether oxygens (including phenoxy) is 1. The van der Waals surface area contributed by atoms with E-state index < -0.39 is 12.1 Å². The molecule has 0 radical (unpaired) electrons. The summed E-state index contributed by atoms with van der Waals surface area (Å²) in [5.74, 6) is -0.0232. The van der Waals surface area contributed by atoms with E-state index >= 15 is 0 Å². The van der Waals surface area contributed by atoms with E-state index in [0.717, 1.165) is 38.5 Å². The zero-order valence-corrected chi connectivity index (χ0v) is 46.4. The van der Waals surface area contributed by atoms with Gasteiger partial charge < -0.3 is 20.3 Å². The van der Waals surface area contributed by atoms with Crippen molar-refractivity contribution in [1.82, 2.24) is 5.32 Å². The maximum Gasteiger partial charge on any atom is 0.305 e. The molecular weight excluding hydrogens is 839 g/mol. The van der Waals surface area contributed by atoms with Crippen molar-refractivity contribution in [1.29, 1.82) is 0 Å². The van der Waals surface area contributed by atoms with Gasteiger partial charge in [-0.1, -0.05) is 322 Å². The van der Waals surface area contributed by atoms with Gasteiger partial charge in [-0.3, -0.25) is 9.59 Å². The first kappa shape index (κ1) is 66.9. The normalized spacial score (nSPS) is 12.5. The molecule has 0 aliphatic rings. The zero-order chi connectivity index (χ0) is 49.3. The molecule has 0 rings (SSSR count). The van der Waals surface area contributed by atoms with E-state index in [1.54, 1.807) is 0 Å². The summed E-state index contributed by atoms with van der Waals surface area (Å²) in [4.78, 5) is 24.5. The first-order valence-electron chi connectivity index (χ1n) is 31.3. The molecule has 0 aromatic rings. The molecule has 0 aromatic heterocycles. The first-order valence-corrected chi connectivity index (χ1v) is 31.3. The van der Waals surface area contributed by atoms with E-state index in [0.29, 0.717) is 25.9 Å². The molecule has 1 amide bonds. The number of hydrogen-bond acceptors (Lipinski definition) is 5. The highest BCUT2D eigenvalue weighted by Crippen LogP contribution is 2.19. The van der Waals surface area contributed by atoms with Gasteiger partial charge in [-0.15, -0.1) is 0 Å². The summed E-state index contributed by atoms with van der Waals surface area (Å²) < 4.78 is 5.47. The molecule has 2 atom stereocenters. The fourth-order valence-electron chi connectivity index (χ4n) is 10.1. The van der Waals surface area contributed by atoms with Crippen molar-refractivity contribution in [3.63, 3.8) is 0 Å². The molecule has 6 heteroatoms. The van der Waals surface area contributed by atoms with Crippen LogP contribution in [0.25, 0.3) is 0 Å². The van der Waals surface area contributed by atoms with Gasteiger partial charge in [-0.2, -0.15) is 0 Å². The van der Waals surface area contributed by atoms with Crippen molar-refractivity contribution >= 4 is 11.9 Å². The molecule has 0 saturated carbocycles. The second-order valence-electron chi connectivity index (χ2n) is 21.8. The number of hydrogen-bond donors (Lipinski definition) is 3. The minimum absolute atomic E-state index is 0.01000. The molecule has 0 saturated heterocycles. The highest BCUT2D eigenvalue weighted by Gasteiger charge is 2.20. The van der Waals surface area contributed by atoms with Gasteiger partial charge in [0, 0.05) is 12.8 Å². The second kappa shape index (κ2) is 58.4. The number of rotatable bonds is 59. The van der Waals surface area contributed by atoms with E-state index in [4.69, 9.17) is 4.74 Å². The van der Waals surface area contributed by atoms with Crippen molar-refractivity contribution in [2.45, 2.75) is 373 Å². The van der Waals surface area contributed by atoms with Crippen LogP contribution in [-0.2, 0) is 14.3 Å². The van der Waals surface area contributed by atoms with Crippen molar-refractivity contribution in [2.75, 3.05) is 13.2 Å². The maximum atomic E-state index is 12.5. The Morgan fingerprint density at radius 2 is 0.603 bits per heavy atom. The lowest BCUT2D eigenvalue weighted by Gasteiger charge is -2.22. The third-order valence-corrected chi connectivity index (χ3v) is 14.9. The molecule has 406 valence electrons. The Morgan fingerprint density at radius 3 is 0.897 bits per heavy atom. The summed E-state index contributed by atoms with van der Waals surface area (Å²) in [5.41, 5.74) is 0. The van der Waals surface area contributed by atoms with Gasteiger partial charge in [0.25, 0.3) is 0 Å². The SMILES string of the molecule is CCCCCCCCCCCCCCCCCCCCCCCC(O)C(CO)NC(=O)CCCCCCCCCCCCCCCCCCCCCOC(=O)CCCCCCCCCCCCC. The second-order valence-corrected chi connectivity index (χ2v) is 21.8. The predicted octanol–water partition coefficient (Wildman–Crippen LogP) is 19.5. The molecule has 6 nitrogen and oxygen atoms in total. The lowest BCUT2D eigenvalue weighted by atomic mass is 10.0. The first-order chi connectivity index (χ1) is 33.5. The minimum atomic E-state index is -0.666. The monoisotopic (exact) mass is 962 g/mol. The largest absolute Gasteiger partial charge is 0.466 e. The Labute approximate surface area is 426 Å². The molecule has 0 aliphatic carbocycles. The van der Waals surface area contributed by atoms with Crippen molar-refractivity contribution in [3.8, 4) is 0 Å². The summed E-state index contributed by atoms with van der Waals surface area (Å²) in [6.45, 7) is 4.98. The smallest absolute Gasteiger partial charge is 0.305 e. The Kier molecular flexibility index (Phi) is 57.5. The van der Waals surface area contributed by atoms with Crippen LogP contribution >= 0.6 is 0 Å². The van der Waals surface area contributed by atoms with Crippen LogP contribution in [0.2, 0.25) is 0 Å². The molecule has 68 heavy (non-hydrogen) atoms. The Hall–Kier alpha value is -1.14.